The van der Waals surface area contributed by atoms with Crippen LogP contribution in [0, 0.1) is 9.39 Å². The Morgan fingerprint density at radius 1 is 1.17 bits per heavy atom. The Morgan fingerprint density at radius 2 is 1.86 bits per heavy atom. The predicted molar refractivity (Wildman–Crippen MR) is 113 cm³/mol. The molecule has 3 rings (SSSR count). The van der Waals surface area contributed by atoms with Crippen LogP contribution >= 0.6 is 22.6 Å². The zero-order chi connectivity index (χ0) is 21.1. The van der Waals surface area contributed by atoms with E-state index in [1.807, 2.05) is 22.6 Å². The van der Waals surface area contributed by atoms with Crippen molar-refractivity contribution in [1.29, 1.82) is 0 Å². The van der Waals surface area contributed by atoms with Gasteiger partial charge in [-0.2, -0.15) is 0 Å². The molecule has 3 amide bonds. The van der Waals surface area contributed by atoms with E-state index in [2.05, 4.69) is 15.3 Å². The smallest absolute Gasteiger partial charge is 0.279 e. The number of amides is 3. The van der Waals surface area contributed by atoms with E-state index in [1.165, 1.54) is 36.5 Å². The number of nitrogens with two attached hydrogens (primary N) is 1. The highest BCUT2D eigenvalue weighted by molar-refractivity contribution is 14.1. The van der Waals surface area contributed by atoms with Gasteiger partial charge in [0.05, 0.1) is 11.9 Å². The van der Waals surface area contributed by atoms with Crippen molar-refractivity contribution >= 4 is 51.7 Å². The van der Waals surface area contributed by atoms with Crippen molar-refractivity contribution in [2.75, 3.05) is 17.3 Å². The molecule has 0 bridgehead atoms. The maximum absolute atomic E-state index is 13.2. The van der Waals surface area contributed by atoms with Gasteiger partial charge in [-0.25, -0.2) is 9.37 Å². The second-order valence-electron chi connectivity index (χ2n) is 5.98. The molecule has 0 aliphatic carbocycles. The molecule has 0 aliphatic rings. The summed E-state index contributed by atoms with van der Waals surface area (Å²) >= 11 is 1.89. The molecule has 10 heteroatoms. The van der Waals surface area contributed by atoms with Crippen LogP contribution in [-0.4, -0.2) is 34.7 Å². The maximum Gasteiger partial charge on any atom is 0.279 e. The minimum Gasteiger partial charge on any atom is -0.364 e. The number of hydrogen-bond donors (Lipinski definition) is 3. The molecule has 3 aromatic rings. The molecule has 148 valence electrons. The first-order valence-electron chi connectivity index (χ1n) is 8.25. The number of nitrogens with one attached hydrogen (secondary N) is 2. The average molecular weight is 507 g/mol. The summed E-state index contributed by atoms with van der Waals surface area (Å²) in [5.41, 5.74) is 6.44. The average Bonchev–Trinajstić information content (AvgIpc) is 3.17. The van der Waals surface area contributed by atoms with E-state index in [4.69, 9.17) is 5.73 Å². The largest absolute Gasteiger partial charge is 0.364 e. The Hall–Kier alpha value is -3.28. The number of H-pyrrole nitrogens is 1. The topological polar surface area (TPSA) is 121 Å². The Bertz CT molecular complexity index is 1100. The first-order chi connectivity index (χ1) is 13.8. The van der Waals surface area contributed by atoms with E-state index in [0.717, 1.165) is 0 Å². The lowest BCUT2D eigenvalue weighted by Gasteiger charge is -2.17. The number of primary amides is 1. The third-order valence-corrected chi connectivity index (χ3v) is 4.97. The number of nitrogens with zero attached hydrogens (tertiary/aromatic N) is 2. The number of rotatable bonds is 5. The van der Waals surface area contributed by atoms with E-state index in [0.29, 0.717) is 20.5 Å². The molecule has 0 radical (unpaired) electrons. The standard InChI is InChI=1S/C19H15FIN5O3/c1-26(19(29)16-15(17(22)27)23-9-24-16)12-5-3-11(4-6-12)25-18(28)13-7-2-10(20)8-14(13)21/h2-9H,1H3,(H2,22,27)(H,23,24)(H,25,28). The molecule has 29 heavy (non-hydrogen) atoms. The number of carbonyl (C=O) groups excluding carboxylic acids is 3. The van der Waals surface area contributed by atoms with Crippen LogP contribution in [0.3, 0.4) is 0 Å². The second kappa shape index (κ2) is 8.39. The highest BCUT2D eigenvalue weighted by atomic mass is 127. The zero-order valence-corrected chi connectivity index (χ0v) is 17.2. The summed E-state index contributed by atoms with van der Waals surface area (Å²) in [7, 11) is 1.52. The minimum atomic E-state index is -0.785. The number of imidazole rings is 1. The fourth-order valence-electron chi connectivity index (χ4n) is 2.56. The normalized spacial score (nSPS) is 10.4. The number of anilines is 2. The van der Waals surface area contributed by atoms with Crippen molar-refractivity contribution < 1.29 is 18.8 Å². The lowest BCUT2D eigenvalue weighted by Crippen LogP contribution is -2.29. The van der Waals surface area contributed by atoms with E-state index in [-0.39, 0.29) is 17.3 Å². The lowest BCUT2D eigenvalue weighted by molar-refractivity contribution is 0.0958. The highest BCUT2D eigenvalue weighted by Crippen LogP contribution is 2.21. The van der Waals surface area contributed by atoms with Gasteiger partial charge in [-0.15, -0.1) is 0 Å². The van der Waals surface area contributed by atoms with E-state index in [9.17, 15) is 18.8 Å². The molecule has 4 N–H and O–H groups in total. The monoisotopic (exact) mass is 507 g/mol. The molecule has 1 heterocycles. The number of aromatic nitrogens is 2. The summed E-state index contributed by atoms with van der Waals surface area (Å²) in [5.74, 6) is -2.10. The minimum absolute atomic E-state index is 0.0698. The van der Waals surface area contributed by atoms with Gasteiger partial charge in [0.15, 0.2) is 5.69 Å². The summed E-state index contributed by atoms with van der Waals surface area (Å²) in [6.07, 6.45) is 1.22. The zero-order valence-electron chi connectivity index (χ0n) is 15.1. The Labute approximate surface area is 178 Å². The van der Waals surface area contributed by atoms with Crippen molar-refractivity contribution in [3.8, 4) is 0 Å². The quantitative estimate of drug-likeness (QED) is 0.460. The maximum atomic E-state index is 13.2. The van der Waals surface area contributed by atoms with Gasteiger partial charge in [0.2, 0.25) is 0 Å². The fraction of sp³-hybridized carbons (Fsp3) is 0.0526. The molecule has 0 atom stereocenters. The van der Waals surface area contributed by atoms with E-state index < -0.39 is 17.6 Å². The van der Waals surface area contributed by atoms with Crippen LogP contribution in [0.25, 0.3) is 0 Å². The van der Waals surface area contributed by atoms with Crippen LogP contribution in [0.5, 0.6) is 0 Å². The SMILES string of the molecule is CN(C(=O)c1nc[nH]c1C(N)=O)c1ccc(NC(=O)c2ccc(F)cc2I)cc1. The molecule has 8 nitrogen and oxygen atoms in total. The van der Waals surface area contributed by atoms with Gasteiger partial charge >= 0.3 is 0 Å². The highest BCUT2D eigenvalue weighted by Gasteiger charge is 2.22. The van der Waals surface area contributed by atoms with E-state index in [1.54, 1.807) is 24.3 Å². The van der Waals surface area contributed by atoms with Crippen molar-refractivity contribution in [1.82, 2.24) is 9.97 Å². The van der Waals surface area contributed by atoms with Crippen LogP contribution in [-0.2, 0) is 0 Å². The molecule has 0 aliphatic heterocycles. The number of hydrogen-bond acceptors (Lipinski definition) is 4. The van der Waals surface area contributed by atoms with Crippen molar-refractivity contribution in [3.05, 3.63) is 75.1 Å². The Kier molecular flexibility index (Phi) is 5.92. The fourth-order valence-corrected chi connectivity index (χ4v) is 3.28. The first kappa shape index (κ1) is 20.5. The number of aromatic amines is 1. The van der Waals surface area contributed by atoms with Gasteiger partial charge in [-0.1, -0.05) is 0 Å². The number of halogens is 2. The van der Waals surface area contributed by atoms with Crippen molar-refractivity contribution in [2.45, 2.75) is 0 Å². The van der Waals surface area contributed by atoms with Crippen LogP contribution in [0.4, 0.5) is 15.8 Å². The van der Waals surface area contributed by atoms with Crippen LogP contribution in [0.15, 0.2) is 48.8 Å². The van der Waals surface area contributed by atoms with Gasteiger partial charge in [-0.05, 0) is 65.1 Å². The summed E-state index contributed by atoms with van der Waals surface area (Å²) < 4.78 is 13.7. The molecule has 0 saturated carbocycles. The van der Waals surface area contributed by atoms with E-state index >= 15 is 0 Å². The molecule has 0 spiro atoms. The second-order valence-corrected chi connectivity index (χ2v) is 7.14. The summed E-state index contributed by atoms with van der Waals surface area (Å²) in [5, 5.41) is 2.72. The van der Waals surface area contributed by atoms with Crippen LogP contribution in [0.1, 0.15) is 31.3 Å². The first-order valence-corrected chi connectivity index (χ1v) is 9.33. The predicted octanol–water partition coefficient (Wildman–Crippen LogP) is 2.78. The van der Waals surface area contributed by atoms with Gasteiger partial charge in [-0.3, -0.25) is 14.4 Å². The molecular formula is C19H15FIN5O3. The third-order valence-electron chi connectivity index (χ3n) is 4.08. The van der Waals surface area contributed by atoms with Crippen LogP contribution in [0.2, 0.25) is 0 Å². The summed E-state index contributed by atoms with van der Waals surface area (Å²) in [6, 6.07) is 10.4. The number of carbonyl (C=O) groups is 3. The van der Waals surface area contributed by atoms with Gasteiger partial charge in [0.1, 0.15) is 11.5 Å². The van der Waals surface area contributed by atoms with Gasteiger partial charge < -0.3 is 20.9 Å². The Balaban J connectivity index is 1.74. The van der Waals surface area contributed by atoms with Gasteiger partial charge in [0, 0.05) is 22.0 Å². The van der Waals surface area contributed by atoms with Crippen molar-refractivity contribution in [3.63, 3.8) is 0 Å². The lowest BCUT2D eigenvalue weighted by atomic mass is 10.2. The molecule has 0 fully saturated rings. The molecule has 2 aromatic carbocycles. The molecule has 1 aromatic heterocycles. The molecular weight excluding hydrogens is 492 g/mol. The van der Waals surface area contributed by atoms with Crippen molar-refractivity contribution in [2.24, 2.45) is 5.73 Å². The van der Waals surface area contributed by atoms with Crippen LogP contribution < -0.4 is 16.0 Å². The summed E-state index contributed by atoms with van der Waals surface area (Å²) in [6.45, 7) is 0. The summed E-state index contributed by atoms with van der Waals surface area (Å²) in [4.78, 5) is 44.0. The molecule has 0 unspecified atom stereocenters. The third kappa shape index (κ3) is 4.42. The number of benzene rings is 2. The molecule has 0 saturated heterocycles. The Morgan fingerprint density at radius 3 is 2.48 bits per heavy atom. The van der Waals surface area contributed by atoms with Gasteiger partial charge in [0.25, 0.3) is 17.7 Å².